The van der Waals surface area contributed by atoms with E-state index in [-0.39, 0.29) is 18.4 Å². The third-order valence-corrected chi connectivity index (χ3v) is 4.21. The van der Waals surface area contributed by atoms with E-state index in [4.69, 9.17) is 10.00 Å². The van der Waals surface area contributed by atoms with E-state index < -0.39 is 0 Å². The van der Waals surface area contributed by atoms with Gasteiger partial charge in [-0.25, -0.2) is 0 Å². The van der Waals surface area contributed by atoms with Crippen LogP contribution >= 0.6 is 0 Å². The number of ether oxygens (including phenoxy) is 1. The fourth-order valence-corrected chi connectivity index (χ4v) is 2.48. The van der Waals surface area contributed by atoms with Gasteiger partial charge in [0.25, 0.3) is 5.91 Å². The molecule has 146 valence electrons. The highest BCUT2D eigenvalue weighted by molar-refractivity contribution is 5.96. The smallest absolute Gasteiger partial charge is 0.251 e. The average Bonchev–Trinajstić information content (AvgIpc) is 2.73. The van der Waals surface area contributed by atoms with Crippen LogP contribution in [0.3, 0.4) is 0 Å². The third-order valence-electron chi connectivity index (χ3n) is 4.21. The summed E-state index contributed by atoms with van der Waals surface area (Å²) in [5, 5.41) is 11.5. The van der Waals surface area contributed by atoms with E-state index >= 15 is 0 Å². The molecule has 0 aliphatic rings. The molecule has 0 bridgehead atoms. The molecule has 0 radical (unpaired) electrons. The second-order valence-electron chi connectivity index (χ2n) is 6.47. The van der Waals surface area contributed by atoms with Gasteiger partial charge >= 0.3 is 0 Å². The van der Waals surface area contributed by atoms with Gasteiger partial charge in [0.1, 0.15) is 5.75 Å². The first-order valence-corrected chi connectivity index (χ1v) is 9.27. The number of nitriles is 1. The Kier molecular flexibility index (Phi) is 8.04. The monoisotopic (exact) mass is 379 g/mol. The first-order chi connectivity index (χ1) is 13.5. The zero-order chi connectivity index (χ0) is 20.4. The highest BCUT2D eigenvalue weighted by Gasteiger charge is 2.12. The molecule has 0 spiro atoms. The molecule has 0 unspecified atom stereocenters. The van der Waals surface area contributed by atoms with Gasteiger partial charge in [0, 0.05) is 19.2 Å². The molecule has 0 saturated carbocycles. The predicted molar refractivity (Wildman–Crippen MR) is 107 cm³/mol. The van der Waals surface area contributed by atoms with Crippen LogP contribution in [0.5, 0.6) is 5.75 Å². The fraction of sp³-hybridized carbons (Fsp3) is 0.318. The average molecular weight is 379 g/mol. The number of rotatable bonds is 9. The van der Waals surface area contributed by atoms with Crippen LogP contribution in [0.2, 0.25) is 0 Å². The van der Waals surface area contributed by atoms with E-state index in [1.54, 1.807) is 43.4 Å². The molecule has 2 aromatic rings. The molecule has 0 aliphatic heterocycles. The highest BCUT2D eigenvalue weighted by atomic mass is 16.5. The van der Waals surface area contributed by atoms with Gasteiger partial charge in [-0.15, -0.1) is 0 Å². The Morgan fingerprint density at radius 3 is 2.39 bits per heavy atom. The van der Waals surface area contributed by atoms with Crippen molar-refractivity contribution < 1.29 is 14.3 Å². The van der Waals surface area contributed by atoms with Gasteiger partial charge in [-0.1, -0.05) is 25.5 Å². The van der Waals surface area contributed by atoms with Crippen LogP contribution in [0.15, 0.2) is 48.5 Å². The molecule has 2 rings (SSSR count). The summed E-state index contributed by atoms with van der Waals surface area (Å²) in [7, 11) is 1.68. The Labute approximate surface area is 165 Å². The predicted octanol–water partition coefficient (Wildman–Crippen LogP) is 3.13. The van der Waals surface area contributed by atoms with Crippen LogP contribution in [-0.2, 0) is 11.3 Å². The SMILES string of the molecule is CCCCOc1ccc(C(=O)NCC(=O)N(C)Cc2ccc(C#N)cc2)cc1. The summed E-state index contributed by atoms with van der Waals surface area (Å²) >= 11 is 0. The van der Waals surface area contributed by atoms with Crippen LogP contribution in [0, 0.1) is 11.3 Å². The van der Waals surface area contributed by atoms with Crippen molar-refractivity contribution in [3.63, 3.8) is 0 Å². The molecule has 0 fully saturated rings. The number of hydrogen-bond acceptors (Lipinski definition) is 4. The van der Waals surface area contributed by atoms with Crippen molar-refractivity contribution >= 4 is 11.8 Å². The molecule has 0 saturated heterocycles. The van der Waals surface area contributed by atoms with Gasteiger partial charge in [-0.2, -0.15) is 5.26 Å². The minimum atomic E-state index is -0.305. The standard InChI is InChI=1S/C22H25N3O3/c1-3-4-13-28-20-11-9-19(10-12-20)22(27)24-15-21(26)25(2)16-18-7-5-17(14-23)6-8-18/h5-12H,3-4,13,15-16H2,1-2H3,(H,24,27). The number of unbranched alkanes of at least 4 members (excludes halogenated alkanes) is 1. The van der Waals surface area contributed by atoms with Crippen molar-refractivity contribution in [1.82, 2.24) is 10.2 Å². The van der Waals surface area contributed by atoms with E-state index in [0.717, 1.165) is 24.2 Å². The number of carbonyl (C=O) groups is 2. The summed E-state index contributed by atoms with van der Waals surface area (Å²) in [6.07, 6.45) is 2.05. The Bertz CT molecular complexity index is 824. The molecule has 6 heteroatoms. The number of amides is 2. The van der Waals surface area contributed by atoms with Gasteiger partial charge in [0.05, 0.1) is 24.8 Å². The molecule has 0 atom stereocenters. The van der Waals surface area contributed by atoms with Gasteiger partial charge in [-0.3, -0.25) is 9.59 Å². The van der Waals surface area contributed by atoms with Gasteiger partial charge < -0.3 is 15.0 Å². The molecular weight excluding hydrogens is 354 g/mol. The highest BCUT2D eigenvalue weighted by Crippen LogP contribution is 2.13. The van der Waals surface area contributed by atoms with E-state index in [1.165, 1.54) is 4.90 Å². The molecule has 1 N–H and O–H groups in total. The lowest BCUT2D eigenvalue weighted by atomic mass is 10.1. The zero-order valence-electron chi connectivity index (χ0n) is 16.3. The summed E-state index contributed by atoms with van der Waals surface area (Å²) in [5.74, 6) is 0.223. The number of carbonyl (C=O) groups excluding carboxylic acids is 2. The number of nitrogens with one attached hydrogen (secondary N) is 1. The molecule has 2 amide bonds. The van der Waals surface area contributed by atoms with E-state index in [2.05, 4.69) is 18.3 Å². The molecular formula is C22H25N3O3. The third kappa shape index (κ3) is 6.44. The number of benzene rings is 2. The summed E-state index contributed by atoms with van der Waals surface area (Å²) in [4.78, 5) is 26.0. The molecule has 2 aromatic carbocycles. The Balaban J connectivity index is 1.80. The number of likely N-dealkylation sites (N-methyl/N-ethyl adjacent to an activating group) is 1. The van der Waals surface area contributed by atoms with Crippen molar-refractivity contribution in [3.8, 4) is 11.8 Å². The van der Waals surface area contributed by atoms with Gasteiger partial charge in [0.2, 0.25) is 5.91 Å². The van der Waals surface area contributed by atoms with Gasteiger partial charge in [-0.05, 0) is 48.4 Å². The maximum Gasteiger partial charge on any atom is 0.251 e. The maximum absolute atomic E-state index is 12.2. The van der Waals surface area contributed by atoms with Crippen molar-refractivity contribution in [2.45, 2.75) is 26.3 Å². The summed E-state index contributed by atoms with van der Waals surface area (Å²) in [5.41, 5.74) is 1.97. The normalized spacial score (nSPS) is 10.0. The second-order valence-corrected chi connectivity index (χ2v) is 6.47. The van der Waals surface area contributed by atoms with Crippen LogP contribution in [0.25, 0.3) is 0 Å². The lowest BCUT2D eigenvalue weighted by molar-refractivity contribution is -0.129. The van der Waals surface area contributed by atoms with Crippen LogP contribution in [0.4, 0.5) is 0 Å². The Morgan fingerprint density at radius 2 is 1.79 bits per heavy atom. The van der Waals surface area contributed by atoms with Crippen molar-refractivity contribution in [2.24, 2.45) is 0 Å². The quantitative estimate of drug-likeness (QED) is 0.679. The Hall–Kier alpha value is -3.33. The van der Waals surface area contributed by atoms with Crippen molar-refractivity contribution in [1.29, 1.82) is 5.26 Å². The number of hydrogen-bond donors (Lipinski definition) is 1. The lowest BCUT2D eigenvalue weighted by Gasteiger charge is -2.17. The Morgan fingerprint density at radius 1 is 1.11 bits per heavy atom. The van der Waals surface area contributed by atoms with Gasteiger partial charge in [0.15, 0.2) is 0 Å². The van der Waals surface area contributed by atoms with Crippen LogP contribution in [-0.4, -0.2) is 36.9 Å². The lowest BCUT2D eigenvalue weighted by Crippen LogP contribution is -2.37. The second kappa shape index (κ2) is 10.7. The summed E-state index contributed by atoms with van der Waals surface area (Å²) < 4.78 is 5.57. The molecule has 6 nitrogen and oxygen atoms in total. The topological polar surface area (TPSA) is 82.4 Å². The minimum absolute atomic E-state index is 0.0830. The molecule has 0 heterocycles. The maximum atomic E-state index is 12.2. The molecule has 0 aromatic heterocycles. The van der Waals surface area contributed by atoms with Crippen molar-refractivity contribution in [2.75, 3.05) is 20.2 Å². The van der Waals surface area contributed by atoms with Crippen LogP contribution < -0.4 is 10.1 Å². The first-order valence-electron chi connectivity index (χ1n) is 9.27. The first kappa shape index (κ1) is 21.0. The fourth-order valence-electron chi connectivity index (χ4n) is 2.48. The van der Waals surface area contributed by atoms with E-state index in [0.29, 0.717) is 24.3 Å². The van der Waals surface area contributed by atoms with E-state index in [9.17, 15) is 9.59 Å². The summed E-state index contributed by atoms with van der Waals surface area (Å²) in [6.45, 7) is 3.08. The molecule has 28 heavy (non-hydrogen) atoms. The van der Waals surface area contributed by atoms with E-state index in [1.807, 2.05) is 12.1 Å². The minimum Gasteiger partial charge on any atom is -0.494 e. The van der Waals surface area contributed by atoms with Crippen LogP contribution in [0.1, 0.15) is 41.3 Å². The largest absolute Gasteiger partial charge is 0.494 e. The zero-order valence-corrected chi connectivity index (χ0v) is 16.3. The molecule has 0 aliphatic carbocycles. The number of nitrogens with zero attached hydrogens (tertiary/aromatic N) is 2. The van der Waals surface area contributed by atoms with Crippen molar-refractivity contribution in [3.05, 3.63) is 65.2 Å². The summed E-state index contributed by atoms with van der Waals surface area (Å²) in [6, 6.07) is 16.0.